The number of para-hydroxylation sites is 1. The molecule has 0 amide bonds. The summed E-state index contributed by atoms with van der Waals surface area (Å²) in [7, 11) is 0. The van der Waals surface area contributed by atoms with Crippen LogP contribution in [0.25, 0.3) is 5.69 Å². The van der Waals surface area contributed by atoms with E-state index >= 15 is 0 Å². The minimum absolute atomic E-state index is 0.194. The number of aromatic nitrogens is 1. The fraction of sp³-hybridized carbons (Fsp3) is 0.333. The van der Waals surface area contributed by atoms with Gasteiger partial charge in [0.2, 0.25) is 0 Å². The van der Waals surface area contributed by atoms with Crippen molar-refractivity contribution in [1.29, 1.82) is 0 Å². The van der Waals surface area contributed by atoms with Gasteiger partial charge < -0.3 is 14.0 Å². The zero-order chi connectivity index (χ0) is 12.4. The highest BCUT2D eigenvalue weighted by atomic mass is 16.7. The van der Waals surface area contributed by atoms with Crippen LogP contribution >= 0.6 is 0 Å². The van der Waals surface area contributed by atoms with Gasteiger partial charge in [-0.1, -0.05) is 25.1 Å². The van der Waals surface area contributed by atoms with E-state index in [4.69, 9.17) is 9.47 Å². The summed E-state index contributed by atoms with van der Waals surface area (Å²) in [6, 6.07) is 10.5. The summed E-state index contributed by atoms with van der Waals surface area (Å²) in [4.78, 5) is 0. The number of nitrogens with zero attached hydrogens (tertiary/aromatic N) is 1. The van der Waals surface area contributed by atoms with Crippen LogP contribution in [0, 0.1) is 0 Å². The third-order valence-electron chi connectivity index (χ3n) is 3.26. The molecule has 1 fully saturated rings. The third kappa shape index (κ3) is 2.07. The van der Waals surface area contributed by atoms with E-state index in [1.807, 2.05) is 0 Å². The second kappa shape index (κ2) is 4.96. The summed E-state index contributed by atoms with van der Waals surface area (Å²) in [5, 5.41) is 0. The third-order valence-corrected chi connectivity index (χ3v) is 3.26. The van der Waals surface area contributed by atoms with E-state index < -0.39 is 0 Å². The van der Waals surface area contributed by atoms with Crippen LogP contribution < -0.4 is 0 Å². The lowest BCUT2D eigenvalue weighted by molar-refractivity contribution is -0.0440. The normalized spacial score (nSPS) is 16.3. The molecule has 2 heterocycles. The largest absolute Gasteiger partial charge is 0.346 e. The van der Waals surface area contributed by atoms with Crippen LogP contribution in [-0.4, -0.2) is 17.8 Å². The molecular weight excluding hydrogens is 226 g/mol. The van der Waals surface area contributed by atoms with Crippen molar-refractivity contribution in [1.82, 2.24) is 4.57 Å². The first-order chi connectivity index (χ1) is 8.88. The van der Waals surface area contributed by atoms with Crippen LogP contribution in [0.3, 0.4) is 0 Å². The maximum absolute atomic E-state index is 5.51. The number of rotatable bonds is 3. The number of hydrogen-bond acceptors (Lipinski definition) is 2. The highest BCUT2D eigenvalue weighted by molar-refractivity contribution is 5.42. The topological polar surface area (TPSA) is 23.4 Å². The summed E-state index contributed by atoms with van der Waals surface area (Å²) in [5.74, 6) is 0. The summed E-state index contributed by atoms with van der Waals surface area (Å²) >= 11 is 0. The molecule has 3 rings (SSSR count). The first-order valence-electron chi connectivity index (χ1n) is 6.38. The van der Waals surface area contributed by atoms with Gasteiger partial charge in [-0.25, -0.2) is 0 Å². The molecule has 0 radical (unpaired) electrons. The SMILES string of the molecule is CCc1ccccc1-n1ccc(C2OCCO2)c1. The van der Waals surface area contributed by atoms with Crippen molar-refractivity contribution in [2.24, 2.45) is 0 Å². The monoisotopic (exact) mass is 243 g/mol. The van der Waals surface area contributed by atoms with Crippen LogP contribution in [-0.2, 0) is 15.9 Å². The molecule has 1 aromatic carbocycles. The van der Waals surface area contributed by atoms with Crippen LogP contribution in [0.1, 0.15) is 24.3 Å². The highest BCUT2D eigenvalue weighted by Gasteiger charge is 2.19. The van der Waals surface area contributed by atoms with Gasteiger partial charge in [0.1, 0.15) is 0 Å². The molecule has 1 saturated heterocycles. The molecular formula is C15H17NO2. The van der Waals surface area contributed by atoms with Crippen LogP contribution in [0.15, 0.2) is 42.7 Å². The van der Waals surface area contributed by atoms with Crippen LogP contribution in [0.2, 0.25) is 0 Å². The Kier molecular flexibility index (Phi) is 3.17. The van der Waals surface area contributed by atoms with Gasteiger partial charge in [-0.15, -0.1) is 0 Å². The first kappa shape index (κ1) is 11.5. The Morgan fingerprint density at radius 3 is 2.72 bits per heavy atom. The molecule has 2 aromatic rings. The standard InChI is InChI=1S/C15H17NO2/c1-2-12-5-3-4-6-14(12)16-8-7-13(11-16)15-17-9-10-18-15/h3-8,11,15H,2,9-10H2,1H3. The molecule has 0 bridgehead atoms. The van der Waals surface area contributed by atoms with Gasteiger partial charge in [-0.2, -0.15) is 0 Å². The molecule has 94 valence electrons. The predicted octanol–water partition coefficient (Wildman–Crippen LogP) is 3.09. The van der Waals surface area contributed by atoms with E-state index in [-0.39, 0.29) is 6.29 Å². The first-order valence-corrected chi connectivity index (χ1v) is 6.38. The van der Waals surface area contributed by atoms with Crippen molar-refractivity contribution in [3.63, 3.8) is 0 Å². The van der Waals surface area contributed by atoms with Gasteiger partial charge >= 0.3 is 0 Å². The molecule has 18 heavy (non-hydrogen) atoms. The number of benzene rings is 1. The maximum Gasteiger partial charge on any atom is 0.185 e. The molecule has 1 aliphatic rings. The smallest absolute Gasteiger partial charge is 0.185 e. The number of hydrogen-bond donors (Lipinski definition) is 0. The summed E-state index contributed by atoms with van der Waals surface area (Å²) < 4.78 is 13.2. The van der Waals surface area contributed by atoms with E-state index in [1.165, 1.54) is 11.3 Å². The van der Waals surface area contributed by atoms with Gasteiger partial charge in [-0.3, -0.25) is 0 Å². The Morgan fingerprint density at radius 1 is 1.17 bits per heavy atom. The number of ether oxygens (including phenoxy) is 2. The second-order valence-electron chi connectivity index (χ2n) is 4.41. The maximum atomic E-state index is 5.51. The molecule has 1 aromatic heterocycles. The minimum atomic E-state index is -0.194. The molecule has 0 N–H and O–H groups in total. The van der Waals surface area contributed by atoms with Gasteiger partial charge in [0, 0.05) is 23.6 Å². The van der Waals surface area contributed by atoms with E-state index in [9.17, 15) is 0 Å². The van der Waals surface area contributed by atoms with Gasteiger partial charge in [0.15, 0.2) is 6.29 Å². The lowest BCUT2D eigenvalue weighted by atomic mass is 10.1. The van der Waals surface area contributed by atoms with Crippen LogP contribution in [0.5, 0.6) is 0 Å². The Bertz CT molecular complexity index is 527. The Labute approximate surface area is 107 Å². The average molecular weight is 243 g/mol. The molecule has 3 nitrogen and oxygen atoms in total. The fourth-order valence-electron chi connectivity index (χ4n) is 2.31. The molecule has 3 heteroatoms. The Balaban J connectivity index is 1.92. The van der Waals surface area contributed by atoms with Crippen molar-refractivity contribution < 1.29 is 9.47 Å². The number of aryl methyl sites for hydroxylation is 1. The summed E-state index contributed by atoms with van der Waals surface area (Å²) in [5.41, 5.74) is 3.65. The van der Waals surface area contributed by atoms with E-state index in [2.05, 4.69) is 54.2 Å². The zero-order valence-electron chi connectivity index (χ0n) is 10.5. The molecule has 0 unspecified atom stereocenters. The van der Waals surface area contributed by atoms with E-state index in [0.29, 0.717) is 13.2 Å². The lowest BCUT2D eigenvalue weighted by Gasteiger charge is -2.09. The van der Waals surface area contributed by atoms with E-state index in [0.717, 1.165) is 12.0 Å². The second-order valence-corrected chi connectivity index (χ2v) is 4.41. The molecule has 1 aliphatic heterocycles. The van der Waals surface area contributed by atoms with Crippen molar-refractivity contribution >= 4 is 0 Å². The van der Waals surface area contributed by atoms with Crippen molar-refractivity contribution in [3.8, 4) is 5.69 Å². The summed E-state index contributed by atoms with van der Waals surface area (Å²) in [6.45, 7) is 3.54. The molecule has 0 atom stereocenters. The molecule has 0 aliphatic carbocycles. The van der Waals surface area contributed by atoms with Crippen LogP contribution in [0.4, 0.5) is 0 Å². The van der Waals surface area contributed by atoms with Gasteiger partial charge in [0.25, 0.3) is 0 Å². The van der Waals surface area contributed by atoms with E-state index in [1.54, 1.807) is 0 Å². The van der Waals surface area contributed by atoms with Crippen molar-refractivity contribution in [3.05, 3.63) is 53.9 Å². The summed E-state index contributed by atoms with van der Waals surface area (Å²) in [6.07, 6.45) is 4.99. The van der Waals surface area contributed by atoms with Gasteiger partial charge in [0.05, 0.1) is 13.2 Å². The highest BCUT2D eigenvalue weighted by Crippen LogP contribution is 2.25. The van der Waals surface area contributed by atoms with Gasteiger partial charge in [-0.05, 0) is 24.1 Å². The quantitative estimate of drug-likeness (QED) is 0.827. The molecule has 0 saturated carbocycles. The average Bonchev–Trinajstić information content (AvgIpc) is 3.09. The van der Waals surface area contributed by atoms with Crippen molar-refractivity contribution in [2.75, 3.05) is 13.2 Å². The lowest BCUT2D eigenvalue weighted by Crippen LogP contribution is -1.98. The predicted molar refractivity (Wildman–Crippen MR) is 69.8 cm³/mol. The zero-order valence-corrected chi connectivity index (χ0v) is 10.5. The Hall–Kier alpha value is -1.58. The fourth-order valence-corrected chi connectivity index (χ4v) is 2.31. The van der Waals surface area contributed by atoms with Crippen molar-refractivity contribution in [2.45, 2.75) is 19.6 Å². The minimum Gasteiger partial charge on any atom is -0.346 e. The molecule has 0 spiro atoms. The Morgan fingerprint density at radius 2 is 1.94 bits per heavy atom.